The zero-order valence-electron chi connectivity index (χ0n) is 13.0. The molecule has 0 aliphatic carbocycles. The molecule has 0 aliphatic heterocycles. The molecule has 2 aromatic heterocycles. The highest BCUT2D eigenvalue weighted by Crippen LogP contribution is 2.11. The van der Waals surface area contributed by atoms with Gasteiger partial charge in [0.2, 0.25) is 0 Å². The molecule has 2 rings (SSSR count). The minimum absolute atomic E-state index is 0.107. The Morgan fingerprint density at radius 1 is 1.36 bits per heavy atom. The van der Waals surface area contributed by atoms with Crippen molar-refractivity contribution < 1.29 is 9.53 Å². The molecule has 2 amide bonds. The Morgan fingerprint density at radius 3 is 2.86 bits per heavy atom. The molecule has 0 fully saturated rings. The number of urea groups is 1. The molecule has 2 N–H and O–H groups in total. The van der Waals surface area contributed by atoms with Gasteiger partial charge in [0.25, 0.3) is 0 Å². The van der Waals surface area contributed by atoms with Gasteiger partial charge in [0.1, 0.15) is 0 Å². The van der Waals surface area contributed by atoms with Crippen LogP contribution in [0.15, 0.2) is 36.7 Å². The number of amides is 2. The molecule has 0 saturated carbocycles. The van der Waals surface area contributed by atoms with Gasteiger partial charge in [-0.15, -0.1) is 0 Å². The van der Waals surface area contributed by atoms with Gasteiger partial charge in [0.15, 0.2) is 5.82 Å². The van der Waals surface area contributed by atoms with Crippen molar-refractivity contribution in [3.05, 3.63) is 42.4 Å². The predicted octanol–water partition coefficient (Wildman–Crippen LogP) is 2.37. The number of ether oxygens (including phenoxy) is 1. The van der Waals surface area contributed by atoms with Crippen molar-refractivity contribution in [1.29, 1.82) is 0 Å². The fraction of sp³-hybridized carbons (Fsp3) is 0.400. The molecule has 0 saturated heterocycles. The highest BCUT2D eigenvalue weighted by molar-refractivity contribution is 5.88. The lowest BCUT2D eigenvalue weighted by Crippen LogP contribution is -2.31. The fourth-order valence-electron chi connectivity index (χ4n) is 2.02. The zero-order chi connectivity index (χ0) is 15.9. The topological polar surface area (TPSA) is 81.1 Å². The molecular formula is C15H21N5O2. The lowest BCUT2D eigenvalue weighted by atomic mass is 10.2. The van der Waals surface area contributed by atoms with Gasteiger partial charge >= 0.3 is 6.03 Å². The first-order valence-corrected chi connectivity index (χ1v) is 7.12. The third-order valence-electron chi connectivity index (χ3n) is 3.19. The van der Waals surface area contributed by atoms with E-state index < -0.39 is 0 Å². The number of nitrogens with one attached hydrogen (secondary N) is 2. The zero-order valence-corrected chi connectivity index (χ0v) is 13.0. The molecule has 0 unspecified atom stereocenters. The van der Waals surface area contributed by atoms with Gasteiger partial charge < -0.3 is 10.1 Å². The summed E-state index contributed by atoms with van der Waals surface area (Å²) in [5, 5.41) is 9.83. The third-order valence-corrected chi connectivity index (χ3v) is 3.19. The predicted molar refractivity (Wildman–Crippen MR) is 83.6 cm³/mol. The second-order valence-corrected chi connectivity index (χ2v) is 5.06. The first-order chi connectivity index (χ1) is 10.6. The summed E-state index contributed by atoms with van der Waals surface area (Å²) >= 11 is 0. The van der Waals surface area contributed by atoms with Gasteiger partial charge in [-0.05, 0) is 26.0 Å². The number of rotatable bonds is 6. The van der Waals surface area contributed by atoms with Crippen LogP contribution in [0.4, 0.5) is 10.6 Å². The second-order valence-electron chi connectivity index (χ2n) is 5.06. The summed E-state index contributed by atoms with van der Waals surface area (Å²) < 4.78 is 6.83. The minimum Gasteiger partial charge on any atom is -0.382 e. The number of aromatic nitrogens is 3. The number of anilines is 1. The molecule has 2 aromatic rings. The standard InChI is InChI=1S/C15H21N5O2/c1-11(10-22-3)20-9-7-14(19-20)18-15(21)17-12(2)13-6-4-5-8-16-13/h4-9,11-12H,10H2,1-3H3,(H2,17,18,19,21)/t11-,12-/m1/s1. The van der Waals surface area contributed by atoms with Crippen molar-refractivity contribution in [1.82, 2.24) is 20.1 Å². The maximum absolute atomic E-state index is 12.0. The van der Waals surface area contributed by atoms with E-state index in [1.165, 1.54) is 0 Å². The Labute approximate surface area is 129 Å². The molecule has 118 valence electrons. The summed E-state index contributed by atoms with van der Waals surface area (Å²) in [6.07, 6.45) is 3.51. The van der Waals surface area contributed by atoms with Crippen molar-refractivity contribution in [3.8, 4) is 0 Å². The van der Waals surface area contributed by atoms with Crippen LogP contribution in [0.3, 0.4) is 0 Å². The number of nitrogens with zero attached hydrogens (tertiary/aromatic N) is 3. The molecule has 7 nitrogen and oxygen atoms in total. The van der Waals surface area contributed by atoms with Gasteiger partial charge in [-0.2, -0.15) is 5.10 Å². The van der Waals surface area contributed by atoms with E-state index in [4.69, 9.17) is 4.74 Å². The largest absolute Gasteiger partial charge is 0.382 e. The Balaban J connectivity index is 1.89. The van der Waals surface area contributed by atoms with E-state index in [-0.39, 0.29) is 18.1 Å². The molecule has 0 spiro atoms. The Morgan fingerprint density at radius 2 is 2.18 bits per heavy atom. The van der Waals surface area contributed by atoms with E-state index in [0.29, 0.717) is 12.4 Å². The van der Waals surface area contributed by atoms with Crippen LogP contribution in [0.25, 0.3) is 0 Å². The maximum Gasteiger partial charge on any atom is 0.320 e. The Kier molecular flexibility index (Phi) is 5.48. The smallest absolute Gasteiger partial charge is 0.320 e. The van der Waals surface area contributed by atoms with Gasteiger partial charge in [-0.3, -0.25) is 15.0 Å². The number of pyridine rings is 1. The molecular weight excluding hydrogens is 282 g/mol. The minimum atomic E-state index is -0.317. The molecule has 0 radical (unpaired) electrons. The summed E-state index contributed by atoms with van der Waals surface area (Å²) in [6.45, 7) is 4.43. The highest BCUT2D eigenvalue weighted by Gasteiger charge is 2.12. The van der Waals surface area contributed by atoms with Crippen LogP contribution >= 0.6 is 0 Å². The van der Waals surface area contributed by atoms with Crippen LogP contribution in [-0.4, -0.2) is 34.5 Å². The molecule has 0 bridgehead atoms. The second kappa shape index (κ2) is 7.56. The van der Waals surface area contributed by atoms with E-state index in [9.17, 15) is 4.79 Å². The van der Waals surface area contributed by atoms with Crippen LogP contribution in [0.1, 0.15) is 31.6 Å². The lowest BCUT2D eigenvalue weighted by molar-refractivity contribution is 0.157. The average molecular weight is 303 g/mol. The summed E-state index contributed by atoms with van der Waals surface area (Å²) in [5.74, 6) is 0.494. The molecule has 22 heavy (non-hydrogen) atoms. The van der Waals surface area contributed by atoms with Gasteiger partial charge in [0.05, 0.1) is 24.4 Å². The van der Waals surface area contributed by atoms with Gasteiger partial charge in [-0.25, -0.2) is 4.79 Å². The number of methoxy groups -OCH3 is 1. The van der Waals surface area contributed by atoms with Crippen molar-refractivity contribution >= 4 is 11.8 Å². The van der Waals surface area contributed by atoms with Crippen LogP contribution < -0.4 is 10.6 Å². The van der Waals surface area contributed by atoms with Crippen molar-refractivity contribution in [3.63, 3.8) is 0 Å². The molecule has 2 atom stereocenters. The quantitative estimate of drug-likeness (QED) is 0.858. The van der Waals surface area contributed by atoms with Crippen LogP contribution in [0.5, 0.6) is 0 Å². The Hall–Kier alpha value is -2.41. The van der Waals surface area contributed by atoms with E-state index in [2.05, 4.69) is 20.7 Å². The summed E-state index contributed by atoms with van der Waals surface area (Å²) in [6, 6.07) is 6.94. The number of hydrogen-bond acceptors (Lipinski definition) is 4. The number of hydrogen-bond donors (Lipinski definition) is 2. The summed E-state index contributed by atoms with van der Waals surface area (Å²) in [7, 11) is 1.64. The molecule has 0 aliphatic rings. The SMILES string of the molecule is COC[C@@H](C)n1ccc(NC(=O)N[C@H](C)c2ccccn2)n1. The van der Waals surface area contributed by atoms with Crippen LogP contribution in [0, 0.1) is 0 Å². The van der Waals surface area contributed by atoms with E-state index in [1.807, 2.05) is 38.2 Å². The molecule has 7 heteroatoms. The normalized spacial score (nSPS) is 13.4. The molecule has 2 heterocycles. The lowest BCUT2D eigenvalue weighted by Gasteiger charge is -2.13. The van der Waals surface area contributed by atoms with Crippen LogP contribution in [0.2, 0.25) is 0 Å². The molecule has 0 aromatic carbocycles. The van der Waals surface area contributed by atoms with Gasteiger partial charge in [-0.1, -0.05) is 6.07 Å². The first-order valence-electron chi connectivity index (χ1n) is 7.12. The number of carbonyl (C=O) groups is 1. The number of carbonyl (C=O) groups excluding carboxylic acids is 1. The first kappa shape index (κ1) is 16.0. The fourth-order valence-corrected chi connectivity index (χ4v) is 2.02. The monoisotopic (exact) mass is 303 g/mol. The van der Waals surface area contributed by atoms with E-state index in [0.717, 1.165) is 5.69 Å². The highest BCUT2D eigenvalue weighted by atomic mass is 16.5. The van der Waals surface area contributed by atoms with Gasteiger partial charge in [0, 0.05) is 25.6 Å². The summed E-state index contributed by atoms with van der Waals surface area (Å²) in [4.78, 5) is 16.2. The van der Waals surface area contributed by atoms with E-state index in [1.54, 1.807) is 24.1 Å². The van der Waals surface area contributed by atoms with Crippen molar-refractivity contribution in [2.45, 2.75) is 25.9 Å². The van der Waals surface area contributed by atoms with E-state index >= 15 is 0 Å². The maximum atomic E-state index is 12.0. The van der Waals surface area contributed by atoms with Crippen molar-refractivity contribution in [2.24, 2.45) is 0 Å². The van der Waals surface area contributed by atoms with Crippen LogP contribution in [-0.2, 0) is 4.74 Å². The third kappa shape index (κ3) is 4.29. The summed E-state index contributed by atoms with van der Waals surface area (Å²) in [5.41, 5.74) is 0.803. The van der Waals surface area contributed by atoms with Crippen molar-refractivity contribution in [2.75, 3.05) is 19.0 Å². The average Bonchev–Trinajstić information content (AvgIpc) is 2.96. The Bertz CT molecular complexity index is 599.